The largest absolute Gasteiger partial charge is 0.368 e. The van der Waals surface area contributed by atoms with Crippen molar-refractivity contribution in [1.82, 2.24) is 5.32 Å². The van der Waals surface area contributed by atoms with Gasteiger partial charge in [0.15, 0.2) is 12.6 Å². The van der Waals surface area contributed by atoms with E-state index < -0.39 is 6.29 Å². The van der Waals surface area contributed by atoms with Crippen molar-refractivity contribution in [2.75, 3.05) is 26.9 Å². The molecule has 0 aliphatic heterocycles. The number of aliphatic hydroxyl groups excluding tert-OH is 1. The van der Waals surface area contributed by atoms with Crippen LogP contribution in [0.5, 0.6) is 0 Å². The Hall–Kier alpha value is -0.690. The van der Waals surface area contributed by atoms with Gasteiger partial charge in [0, 0.05) is 32.2 Å². The molecule has 6 heteroatoms. The lowest BCUT2D eigenvalue weighted by Crippen LogP contribution is -2.40. The second kappa shape index (κ2) is 10.1. The van der Waals surface area contributed by atoms with Crippen LogP contribution < -0.4 is 5.32 Å². The highest BCUT2D eigenvalue weighted by molar-refractivity contribution is 5.78. The van der Waals surface area contributed by atoms with Crippen LogP contribution in [-0.2, 0) is 19.0 Å². The first-order valence-corrected chi connectivity index (χ1v) is 7.84. The van der Waals surface area contributed by atoms with E-state index in [1.807, 2.05) is 13.8 Å². The second-order valence-electron chi connectivity index (χ2n) is 5.32. The van der Waals surface area contributed by atoms with Gasteiger partial charge in [-0.05, 0) is 39.5 Å². The minimum atomic E-state index is -0.714. The van der Waals surface area contributed by atoms with Crippen LogP contribution in [0.3, 0.4) is 0 Å². The molecule has 1 aliphatic rings. The van der Waals surface area contributed by atoms with Crippen LogP contribution in [0.25, 0.3) is 0 Å². The zero-order valence-corrected chi connectivity index (χ0v) is 13.3. The maximum atomic E-state index is 12.1. The van der Waals surface area contributed by atoms with Crippen molar-refractivity contribution in [3.63, 3.8) is 0 Å². The summed E-state index contributed by atoms with van der Waals surface area (Å²) in [7, 11) is 1.51. The number of rotatable bonds is 9. The summed E-state index contributed by atoms with van der Waals surface area (Å²) in [5, 5.41) is 12.5. The number of ether oxygens (including phenoxy) is 3. The van der Waals surface area contributed by atoms with E-state index in [1.165, 1.54) is 7.11 Å². The van der Waals surface area contributed by atoms with E-state index in [1.54, 1.807) is 0 Å². The number of aliphatic hydroxyl groups is 1. The van der Waals surface area contributed by atoms with Gasteiger partial charge in [-0.3, -0.25) is 4.79 Å². The number of amides is 1. The molecule has 0 aromatic carbocycles. The van der Waals surface area contributed by atoms with Crippen LogP contribution in [0.15, 0.2) is 0 Å². The molecule has 1 amide bonds. The lowest BCUT2D eigenvalue weighted by molar-refractivity contribution is -0.145. The van der Waals surface area contributed by atoms with Crippen molar-refractivity contribution in [1.29, 1.82) is 0 Å². The molecule has 1 aliphatic carbocycles. The Labute approximate surface area is 127 Å². The molecule has 1 saturated carbocycles. The van der Waals surface area contributed by atoms with E-state index in [9.17, 15) is 9.90 Å². The molecule has 0 heterocycles. The SMILES string of the molecule is CCOC(CNC(=O)C1CCC(C(O)OC)CC1)OCC. The van der Waals surface area contributed by atoms with Gasteiger partial charge in [-0.25, -0.2) is 0 Å². The predicted octanol–water partition coefficient (Wildman–Crippen LogP) is 1.27. The fourth-order valence-corrected chi connectivity index (χ4v) is 2.73. The first kappa shape index (κ1) is 18.4. The number of methoxy groups -OCH3 is 1. The monoisotopic (exact) mass is 303 g/mol. The first-order chi connectivity index (χ1) is 10.1. The summed E-state index contributed by atoms with van der Waals surface area (Å²) in [6.45, 7) is 5.29. The lowest BCUT2D eigenvalue weighted by atomic mass is 9.81. The zero-order chi connectivity index (χ0) is 15.7. The molecule has 21 heavy (non-hydrogen) atoms. The fraction of sp³-hybridized carbons (Fsp3) is 0.933. The third-order valence-corrected chi connectivity index (χ3v) is 3.94. The molecule has 0 saturated heterocycles. The Morgan fingerprint density at radius 3 is 2.24 bits per heavy atom. The quantitative estimate of drug-likeness (QED) is 0.627. The smallest absolute Gasteiger partial charge is 0.223 e. The average molecular weight is 303 g/mol. The lowest BCUT2D eigenvalue weighted by Gasteiger charge is -2.30. The number of carbonyl (C=O) groups excluding carboxylic acids is 1. The standard InChI is InChI=1S/C15H29NO5/c1-4-20-13(21-5-2)10-16-14(17)11-6-8-12(9-7-11)15(18)19-3/h11-13,15,18H,4-10H2,1-3H3,(H,16,17). The first-order valence-electron chi connectivity index (χ1n) is 7.84. The molecular weight excluding hydrogens is 274 g/mol. The van der Waals surface area contributed by atoms with Gasteiger partial charge in [0.05, 0.1) is 6.54 Å². The number of carbonyl (C=O) groups is 1. The molecule has 1 rings (SSSR count). The summed E-state index contributed by atoms with van der Waals surface area (Å²) in [6, 6.07) is 0. The van der Waals surface area contributed by atoms with Crippen molar-refractivity contribution in [2.45, 2.75) is 52.1 Å². The summed E-state index contributed by atoms with van der Waals surface area (Å²) in [5.74, 6) is 0.192. The summed E-state index contributed by atoms with van der Waals surface area (Å²) in [6.07, 6.45) is 2.10. The maximum absolute atomic E-state index is 12.1. The Balaban J connectivity index is 2.30. The van der Waals surface area contributed by atoms with Gasteiger partial charge in [0.2, 0.25) is 5.91 Å². The van der Waals surface area contributed by atoms with Crippen LogP contribution in [0.2, 0.25) is 0 Å². The highest BCUT2D eigenvalue weighted by atomic mass is 16.7. The highest BCUT2D eigenvalue weighted by Gasteiger charge is 2.30. The van der Waals surface area contributed by atoms with Crippen molar-refractivity contribution in [3.05, 3.63) is 0 Å². The van der Waals surface area contributed by atoms with Crippen molar-refractivity contribution >= 4 is 5.91 Å². The number of hydrogen-bond acceptors (Lipinski definition) is 5. The number of nitrogens with one attached hydrogen (secondary N) is 1. The molecule has 0 bridgehead atoms. The Bertz CT molecular complexity index is 286. The van der Waals surface area contributed by atoms with E-state index in [0.29, 0.717) is 19.8 Å². The summed E-state index contributed by atoms with van der Waals surface area (Å²) < 4.78 is 15.7. The van der Waals surface area contributed by atoms with E-state index in [0.717, 1.165) is 25.7 Å². The fourth-order valence-electron chi connectivity index (χ4n) is 2.73. The van der Waals surface area contributed by atoms with Crippen molar-refractivity contribution < 1.29 is 24.1 Å². The highest BCUT2D eigenvalue weighted by Crippen LogP contribution is 2.31. The van der Waals surface area contributed by atoms with E-state index >= 15 is 0 Å². The molecule has 0 aromatic heterocycles. The van der Waals surface area contributed by atoms with Crippen molar-refractivity contribution in [3.8, 4) is 0 Å². The average Bonchev–Trinajstić information content (AvgIpc) is 2.52. The van der Waals surface area contributed by atoms with Crippen LogP contribution >= 0.6 is 0 Å². The third kappa shape index (κ3) is 6.30. The minimum Gasteiger partial charge on any atom is -0.368 e. The molecule has 0 spiro atoms. The van der Waals surface area contributed by atoms with Gasteiger partial charge in [-0.2, -0.15) is 0 Å². The van der Waals surface area contributed by atoms with Crippen LogP contribution in [0.4, 0.5) is 0 Å². The molecule has 1 fully saturated rings. The van der Waals surface area contributed by atoms with Gasteiger partial charge < -0.3 is 24.6 Å². The zero-order valence-electron chi connectivity index (χ0n) is 13.3. The second-order valence-corrected chi connectivity index (χ2v) is 5.32. The third-order valence-electron chi connectivity index (χ3n) is 3.94. The molecule has 1 unspecified atom stereocenters. The minimum absolute atomic E-state index is 0.00853. The Kier molecular flexibility index (Phi) is 8.84. The summed E-state index contributed by atoms with van der Waals surface area (Å²) >= 11 is 0. The molecule has 0 radical (unpaired) electrons. The maximum Gasteiger partial charge on any atom is 0.223 e. The molecular formula is C15H29NO5. The molecule has 1 atom stereocenters. The Morgan fingerprint density at radius 1 is 1.19 bits per heavy atom. The van der Waals surface area contributed by atoms with Gasteiger partial charge in [-0.15, -0.1) is 0 Å². The van der Waals surface area contributed by atoms with E-state index in [2.05, 4.69) is 5.32 Å². The topological polar surface area (TPSA) is 77.0 Å². The van der Waals surface area contributed by atoms with Gasteiger partial charge in [-0.1, -0.05) is 0 Å². The van der Waals surface area contributed by atoms with Crippen LogP contribution in [0, 0.1) is 11.8 Å². The van der Waals surface area contributed by atoms with Crippen LogP contribution in [0.1, 0.15) is 39.5 Å². The normalized spacial score (nSPS) is 24.0. The number of hydrogen-bond donors (Lipinski definition) is 2. The molecule has 2 N–H and O–H groups in total. The molecule has 124 valence electrons. The molecule has 0 aromatic rings. The summed E-state index contributed by atoms with van der Waals surface area (Å²) in [4.78, 5) is 12.1. The van der Waals surface area contributed by atoms with Gasteiger partial charge >= 0.3 is 0 Å². The van der Waals surface area contributed by atoms with Gasteiger partial charge in [0.25, 0.3) is 0 Å². The van der Waals surface area contributed by atoms with Crippen LogP contribution in [-0.4, -0.2) is 50.5 Å². The predicted molar refractivity (Wildman–Crippen MR) is 78.5 cm³/mol. The van der Waals surface area contributed by atoms with Gasteiger partial charge in [0.1, 0.15) is 0 Å². The Morgan fingerprint density at radius 2 is 1.76 bits per heavy atom. The van der Waals surface area contributed by atoms with E-state index in [-0.39, 0.29) is 24.0 Å². The molecule has 6 nitrogen and oxygen atoms in total. The van der Waals surface area contributed by atoms with E-state index in [4.69, 9.17) is 14.2 Å². The van der Waals surface area contributed by atoms with Crippen molar-refractivity contribution in [2.24, 2.45) is 11.8 Å². The summed E-state index contributed by atoms with van der Waals surface area (Å²) in [5.41, 5.74) is 0.